The highest BCUT2D eigenvalue weighted by Gasteiger charge is 2.14. The highest BCUT2D eigenvalue weighted by atomic mass is 16.5. The molecule has 1 fully saturated rings. The topological polar surface area (TPSA) is 63.2 Å². The smallest absolute Gasteiger partial charge is 0.247 e. The first kappa shape index (κ1) is 13.0. The molecule has 0 aromatic carbocycles. The van der Waals surface area contributed by atoms with Gasteiger partial charge < -0.3 is 15.0 Å². The largest absolute Gasteiger partial charge is 0.385 e. The van der Waals surface area contributed by atoms with Crippen LogP contribution in [0.2, 0.25) is 0 Å². The number of rotatable bonds is 6. The number of anilines is 2. The molecular formula is C12H21N5O. The van der Waals surface area contributed by atoms with Gasteiger partial charge in [0, 0.05) is 33.4 Å². The average molecular weight is 251 g/mol. The summed E-state index contributed by atoms with van der Waals surface area (Å²) < 4.78 is 5.00. The number of piperidine rings is 1. The molecule has 1 aliphatic heterocycles. The fourth-order valence-electron chi connectivity index (χ4n) is 2.04. The highest BCUT2D eigenvalue weighted by molar-refractivity contribution is 5.38. The molecule has 0 radical (unpaired) electrons. The third kappa shape index (κ3) is 3.80. The van der Waals surface area contributed by atoms with E-state index < -0.39 is 0 Å². The molecule has 0 amide bonds. The molecule has 1 aromatic rings. The third-order valence-corrected chi connectivity index (χ3v) is 3.02. The van der Waals surface area contributed by atoms with Crippen molar-refractivity contribution in [3.63, 3.8) is 0 Å². The SMILES string of the molecule is COCCCNc1cnnc(N2CCCCC2)n1. The van der Waals surface area contributed by atoms with Crippen LogP contribution in [-0.4, -0.2) is 48.5 Å². The van der Waals surface area contributed by atoms with Crippen LogP contribution in [0.15, 0.2) is 6.20 Å². The Bertz CT molecular complexity index is 354. The van der Waals surface area contributed by atoms with Crippen molar-refractivity contribution in [3.8, 4) is 0 Å². The van der Waals surface area contributed by atoms with E-state index in [1.165, 1.54) is 19.3 Å². The second-order valence-corrected chi connectivity index (χ2v) is 4.46. The summed E-state index contributed by atoms with van der Waals surface area (Å²) in [5.41, 5.74) is 0. The van der Waals surface area contributed by atoms with E-state index in [2.05, 4.69) is 25.4 Å². The predicted octanol–water partition coefficient (Wildman–Crippen LogP) is 1.31. The van der Waals surface area contributed by atoms with Gasteiger partial charge in [0.15, 0.2) is 5.82 Å². The fourth-order valence-corrected chi connectivity index (χ4v) is 2.04. The number of methoxy groups -OCH3 is 1. The molecule has 18 heavy (non-hydrogen) atoms. The quantitative estimate of drug-likeness (QED) is 0.769. The Hall–Kier alpha value is -1.43. The van der Waals surface area contributed by atoms with Gasteiger partial charge in [0.1, 0.15) is 0 Å². The minimum absolute atomic E-state index is 0.742. The van der Waals surface area contributed by atoms with E-state index in [1.54, 1.807) is 13.3 Å². The van der Waals surface area contributed by atoms with Gasteiger partial charge in [-0.15, -0.1) is 5.10 Å². The van der Waals surface area contributed by atoms with Crippen LogP contribution in [0.4, 0.5) is 11.8 Å². The minimum atomic E-state index is 0.742. The lowest BCUT2D eigenvalue weighted by Crippen LogP contribution is -2.31. The molecule has 0 atom stereocenters. The van der Waals surface area contributed by atoms with Gasteiger partial charge in [-0.3, -0.25) is 0 Å². The second kappa shape index (κ2) is 7.10. The fraction of sp³-hybridized carbons (Fsp3) is 0.750. The van der Waals surface area contributed by atoms with Crippen LogP contribution in [0.5, 0.6) is 0 Å². The van der Waals surface area contributed by atoms with Crippen molar-refractivity contribution in [1.82, 2.24) is 15.2 Å². The molecule has 2 heterocycles. The molecule has 0 bridgehead atoms. The van der Waals surface area contributed by atoms with Crippen molar-refractivity contribution in [3.05, 3.63) is 6.20 Å². The number of hydrogen-bond acceptors (Lipinski definition) is 6. The van der Waals surface area contributed by atoms with Crippen molar-refractivity contribution < 1.29 is 4.74 Å². The molecule has 1 N–H and O–H groups in total. The first-order valence-corrected chi connectivity index (χ1v) is 6.57. The molecule has 6 nitrogen and oxygen atoms in total. The zero-order valence-electron chi connectivity index (χ0n) is 10.9. The maximum absolute atomic E-state index is 5.00. The summed E-state index contributed by atoms with van der Waals surface area (Å²) in [6.45, 7) is 3.67. The lowest BCUT2D eigenvalue weighted by atomic mass is 10.1. The highest BCUT2D eigenvalue weighted by Crippen LogP contribution is 2.15. The van der Waals surface area contributed by atoms with Crippen LogP contribution in [0.3, 0.4) is 0 Å². The lowest BCUT2D eigenvalue weighted by Gasteiger charge is -2.26. The van der Waals surface area contributed by atoms with Crippen LogP contribution in [-0.2, 0) is 4.74 Å². The van der Waals surface area contributed by atoms with E-state index in [1.807, 2.05) is 0 Å². The summed E-state index contributed by atoms with van der Waals surface area (Å²) in [4.78, 5) is 6.70. The molecule has 0 saturated carbocycles. The number of nitrogens with one attached hydrogen (secondary N) is 1. The van der Waals surface area contributed by atoms with Gasteiger partial charge in [-0.25, -0.2) is 0 Å². The third-order valence-electron chi connectivity index (χ3n) is 3.02. The molecule has 1 aliphatic rings. The first-order chi connectivity index (χ1) is 8.90. The Morgan fingerprint density at radius 2 is 2.17 bits per heavy atom. The van der Waals surface area contributed by atoms with E-state index in [9.17, 15) is 0 Å². The van der Waals surface area contributed by atoms with Gasteiger partial charge >= 0.3 is 0 Å². The zero-order valence-corrected chi connectivity index (χ0v) is 10.9. The Kier molecular flexibility index (Phi) is 5.14. The number of aromatic nitrogens is 3. The number of nitrogens with zero attached hydrogens (tertiary/aromatic N) is 4. The monoisotopic (exact) mass is 251 g/mol. The summed E-state index contributed by atoms with van der Waals surface area (Å²) in [6.07, 6.45) is 6.36. The molecule has 6 heteroatoms. The van der Waals surface area contributed by atoms with Crippen molar-refractivity contribution in [1.29, 1.82) is 0 Å². The molecule has 0 spiro atoms. The molecule has 100 valence electrons. The summed E-state index contributed by atoms with van der Waals surface area (Å²) in [5, 5.41) is 11.4. The Balaban J connectivity index is 1.88. The Labute approximate surface area is 108 Å². The van der Waals surface area contributed by atoms with E-state index in [0.29, 0.717) is 0 Å². The van der Waals surface area contributed by atoms with Crippen LogP contribution >= 0.6 is 0 Å². The molecule has 1 aromatic heterocycles. The summed E-state index contributed by atoms with van der Waals surface area (Å²) in [5.74, 6) is 1.54. The number of hydrogen-bond donors (Lipinski definition) is 1. The lowest BCUT2D eigenvalue weighted by molar-refractivity contribution is 0.197. The molecule has 0 unspecified atom stereocenters. The molecule has 0 aliphatic carbocycles. The molecule has 2 rings (SSSR count). The maximum Gasteiger partial charge on any atom is 0.247 e. The van der Waals surface area contributed by atoms with Crippen LogP contribution in [0.25, 0.3) is 0 Å². The van der Waals surface area contributed by atoms with Crippen LogP contribution < -0.4 is 10.2 Å². The van der Waals surface area contributed by atoms with Gasteiger partial charge in [-0.1, -0.05) is 0 Å². The average Bonchev–Trinajstić information content (AvgIpc) is 2.45. The van der Waals surface area contributed by atoms with Crippen molar-refractivity contribution in [2.45, 2.75) is 25.7 Å². The van der Waals surface area contributed by atoms with Crippen molar-refractivity contribution in [2.75, 3.05) is 43.6 Å². The van der Waals surface area contributed by atoms with Crippen LogP contribution in [0, 0.1) is 0 Å². The van der Waals surface area contributed by atoms with Gasteiger partial charge in [0.2, 0.25) is 5.95 Å². The van der Waals surface area contributed by atoms with Crippen molar-refractivity contribution >= 4 is 11.8 Å². The standard InChI is InChI=1S/C12H21N5O/c1-18-9-5-6-13-11-10-14-16-12(15-11)17-7-3-2-4-8-17/h10H,2-9H2,1H3,(H,13,15,16). The van der Waals surface area contributed by atoms with E-state index >= 15 is 0 Å². The zero-order chi connectivity index (χ0) is 12.6. The van der Waals surface area contributed by atoms with Gasteiger partial charge in [-0.05, 0) is 25.7 Å². The van der Waals surface area contributed by atoms with Crippen LogP contribution in [0.1, 0.15) is 25.7 Å². The van der Waals surface area contributed by atoms with E-state index in [4.69, 9.17) is 4.74 Å². The van der Waals surface area contributed by atoms with Gasteiger partial charge in [0.05, 0.1) is 6.20 Å². The molecule has 1 saturated heterocycles. The number of ether oxygens (including phenoxy) is 1. The first-order valence-electron chi connectivity index (χ1n) is 6.57. The molecular weight excluding hydrogens is 230 g/mol. The van der Waals surface area contributed by atoms with E-state index in [0.717, 1.165) is 44.4 Å². The summed E-state index contributed by atoms with van der Waals surface area (Å²) >= 11 is 0. The van der Waals surface area contributed by atoms with E-state index in [-0.39, 0.29) is 0 Å². The van der Waals surface area contributed by atoms with Crippen molar-refractivity contribution in [2.24, 2.45) is 0 Å². The summed E-state index contributed by atoms with van der Waals surface area (Å²) in [6, 6.07) is 0. The van der Waals surface area contributed by atoms with Gasteiger partial charge in [0.25, 0.3) is 0 Å². The Morgan fingerprint density at radius 1 is 1.33 bits per heavy atom. The second-order valence-electron chi connectivity index (χ2n) is 4.46. The normalized spacial score (nSPS) is 15.7. The predicted molar refractivity (Wildman–Crippen MR) is 70.9 cm³/mol. The Morgan fingerprint density at radius 3 is 2.94 bits per heavy atom. The summed E-state index contributed by atoms with van der Waals surface area (Å²) in [7, 11) is 1.71. The maximum atomic E-state index is 5.00. The van der Waals surface area contributed by atoms with Gasteiger partial charge in [-0.2, -0.15) is 10.1 Å². The minimum Gasteiger partial charge on any atom is -0.385 e.